The molecule has 0 amide bonds. The van der Waals surface area contributed by atoms with Crippen LogP contribution in [-0.2, 0) is 0 Å². The smallest absolute Gasteiger partial charge is 0.0938 e. The molecule has 37 heavy (non-hydrogen) atoms. The van der Waals surface area contributed by atoms with E-state index in [1.54, 1.807) is 0 Å². The molecule has 4 heterocycles. The van der Waals surface area contributed by atoms with E-state index in [-0.39, 0.29) is 0 Å². The molecule has 0 atom stereocenters. The van der Waals surface area contributed by atoms with Gasteiger partial charge in [-0.15, -0.1) is 0 Å². The van der Waals surface area contributed by atoms with Gasteiger partial charge in [0.15, 0.2) is 0 Å². The highest BCUT2D eigenvalue weighted by Crippen LogP contribution is 2.51. The van der Waals surface area contributed by atoms with Gasteiger partial charge in [-0.3, -0.25) is 9.97 Å². The lowest BCUT2D eigenvalue weighted by Crippen LogP contribution is -2.22. The van der Waals surface area contributed by atoms with Crippen molar-refractivity contribution >= 4 is 22.7 Å². The third-order valence-electron chi connectivity index (χ3n) is 6.99. The van der Waals surface area contributed by atoms with E-state index in [0.717, 1.165) is 63.1 Å². The van der Waals surface area contributed by atoms with Crippen molar-refractivity contribution in [2.75, 3.05) is 23.5 Å². The van der Waals surface area contributed by atoms with E-state index in [1.807, 2.05) is 30.6 Å². The van der Waals surface area contributed by atoms with Crippen LogP contribution in [0.5, 0.6) is 0 Å². The first-order valence-corrected chi connectivity index (χ1v) is 12.4. The number of para-hydroxylation sites is 1. The van der Waals surface area contributed by atoms with E-state index in [9.17, 15) is 0 Å². The van der Waals surface area contributed by atoms with Crippen molar-refractivity contribution in [2.45, 2.75) is 0 Å². The minimum atomic E-state index is 0.819. The van der Waals surface area contributed by atoms with Crippen LogP contribution in [0.15, 0.2) is 122 Å². The van der Waals surface area contributed by atoms with Crippen LogP contribution in [0, 0.1) is 0 Å². The maximum Gasteiger partial charge on any atom is 0.0938 e. The quantitative estimate of drug-likeness (QED) is 0.264. The molecule has 2 aliphatic heterocycles. The van der Waals surface area contributed by atoms with Gasteiger partial charge in [0, 0.05) is 65.5 Å². The highest BCUT2D eigenvalue weighted by molar-refractivity contribution is 6.02. The lowest BCUT2D eigenvalue weighted by molar-refractivity contribution is 0.496. The van der Waals surface area contributed by atoms with Crippen LogP contribution in [0.3, 0.4) is 0 Å². The Balaban J connectivity index is 1.49. The monoisotopic (exact) mass is 479 g/mol. The Hall–Kier alpha value is -4.90. The Morgan fingerprint density at radius 3 is 2.35 bits per heavy atom. The number of hydrogen-bond acceptors (Lipinski definition) is 5. The van der Waals surface area contributed by atoms with Crippen LogP contribution in [0.25, 0.3) is 33.6 Å². The predicted molar refractivity (Wildman–Crippen MR) is 151 cm³/mol. The van der Waals surface area contributed by atoms with E-state index in [2.05, 4.69) is 118 Å². The summed E-state index contributed by atoms with van der Waals surface area (Å²) in [6, 6.07) is 34.1. The zero-order chi connectivity index (χ0) is 24.8. The summed E-state index contributed by atoms with van der Waals surface area (Å²) < 4.78 is 0. The predicted octanol–water partition coefficient (Wildman–Crippen LogP) is 7.44. The van der Waals surface area contributed by atoms with Gasteiger partial charge in [-0.1, -0.05) is 42.5 Å². The van der Waals surface area contributed by atoms with Gasteiger partial charge >= 0.3 is 0 Å². The van der Waals surface area contributed by atoms with Gasteiger partial charge in [0.2, 0.25) is 0 Å². The number of anilines is 4. The number of rotatable bonds is 3. The molecule has 0 aliphatic carbocycles. The van der Waals surface area contributed by atoms with Gasteiger partial charge in [-0.05, 0) is 54.6 Å². The van der Waals surface area contributed by atoms with Gasteiger partial charge in [0.05, 0.1) is 29.4 Å². The van der Waals surface area contributed by atoms with Crippen LogP contribution in [-0.4, -0.2) is 28.6 Å². The van der Waals surface area contributed by atoms with E-state index in [1.165, 1.54) is 0 Å². The maximum absolute atomic E-state index is 4.88. The molecule has 5 heteroatoms. The molecule has 2 aromatic heterocycles. The molecule has 0 radical (unpaired) electrons. The van der Waals surface area contributed by atoms with Gasteiger partial charge in [-0.2, -0.15) is 0 Å². The fourth-order valence-corrected chi connectivity index (χ4v) is 5.26. The van der Waals surface area contributed by atoms with Crippen molar-refractivity contribution < 1.29 is 0 Å². The lowest BCUT2D eigenvalue weighted by atomic mass is 9.99. The molecule has 0 saturated heterocycles. The average molecular weight is 480 g/mol. The minimum absolute atomic E-state index is 0.819. The first-order chi connectivity index (χ1) is 18.3. The van der Waals surface area contributed by atoms with Gasteiger partial charge in [-0.25, -0.2) is 0 Å². The highest BCUT2D eigenvalue weighted by Gasteiger charge is 2.28. The van der Waals surface area contributed by atoms with E-state index >= 15 is 0 Å². The number of hydrogen-bond donors (Lipinski definition) is 0. The first-order valence-electron chi connectivity index (χ1n) is 12.4. The molecular formula is C32H25N5. The fraction of sp³-hybridized carbons (Fsp3) is 0.0625. The SMILES string of the molecule is CN1C=CN(c2ccc3c(c2)N(c2cccc(-c4ccccn4)c2)c2ccccc2-c2cccnc2-3)C1. The molecular weight excluding hydrogens is 454 g/mol. The molecule has 5 aromatic rings. The molecule has 5 nitrogen and oxygen atoms in total. The fourth-order valence-electron chi connectivity index (χ4n) is 5.26. The summed E-state index contributed by atoms with van der Waals surface area (Å²) in [5, 5.41) is 0. The number of aromatic nitrogens is 2. The van der Waals surface area contributed by atoms with Crippen molar-refractivity contribution in [3.63, 3.8) is 0 Å². The largest absolute Gasteiger partial charge is 0.361 e. The van der Waals surface area contributed by atoms with Crippen molar-refractivity contribution in [1.29, 1.82) is 0 Å². The third kappa shape index (κ3) is 3.64. The topological polar surface area (TPSA) is 35.5 Å². The second-order valence-corrected chi connectivity index (χ2v) is 9.39. The summed E-state index contributed by atoms with van der Waals surface area (Å²) in [7, 11) is 2.09. The molecule has 0 fully saturated rings. The third-order valence-corrected chi connectivity index (χ3v) is 6.99. The van der Waals surface area contributed by atoms with Crippen LogP contribution < -0.4 is 9.80 Å². The van der Waals surface area contributed by atoms with Crippen LogP contribution in [0.4, 0.5) is 22.7 Å². The Morgan fingerprint density at radius 1 is 0.622 bits per heavy atom. The zero-order valence-corrected chi connectivity index (χ0v) is 20.5. The molecule has 0 saturated carbocycles. The molecule has 178 valence electrons. The molecule has 0 bridgehead atoms. The van der Waals surface area contributed by atoms with Crippen molar-refractivity contribution in [1.82, 2.24) is 14.9 Å². The number of fused-ring (bicyclic) bond motifs is 5. The standard InChI is InChI=1S/C32H25N5/c1-35-18-19-36(22-35)24-14-15-28-31(21-24)37(25-9-6-8-23(20-25)29-12-4-5-16-33-29)30-13-3-2-10-26(30)27-11-7-17-34-32(27)28/h2-21H,22H2,1H3. The summed E-state index contributed by atoms with van der Waals surface area (Å²) in [6.07, 6.45) is 7.96. The first kappa shape index (κ1) is 21.4. The summed E-state index contributed by atoms with van der Waals surface area (Å²) in [4.78, 5) is 16.3. The summed E-state index contributed by atoms with van der Waals surface area (Å²) in [6.45, 7) is 0.819. The highest BCUT2D eigenvalue weighted by atomic mass is 15.3. The van der Waals surface area contributed by atoms with Crippen LogP contribution >= 0.6 is 0 Å². The molecule has 0 spiro atoms. The number of nitrogens with zero attached hydrogens (tertiary/aromatic N) is 5. The lowest BCUT2D eigenvalue weighted by Gasteiger charge is -2.29. The number of pyridine rings is 2. The number of benzene rings is 3. The van der Waals surface area contributed by atoms with E-state index in [4.69, 9.17) is 4.98 Å². The normalized spacial score (nSPS) is 13.7. The summed E-state index contributed by atoms with van der Waals surface area (Å²) in [5.41, 5.74) is 10.9. The van der Waals surface area contributed by atoms with E-state index < -0.39 is 0 Å². The Bertz CT molecular complexity index is 1640. The molecule has 7 rings (SSSR count). The second kappa shape index (κ2) is 8.64. The Kier molecular flexibility index (Phi) is 5.00. The van der Waals surface area contributed by atoms with Gasteiger partial charge in [0.1, 0.15) is 0 Å². The molecule has 2 aliphatic rings. The minimum Gasteiger partial charge on any atom is -0.361 e. The average Bonchev–Trinajstić information content (AvgIpc) is 3.35. The Labute approximate surface area is 216 Å². The molecule has 0 N–H and O–H groups in total. The van der Waals surface area contributed by atoms with Crippen molar-refractivity contribution in [3.05, 3.63) is 122 Å². The van der Waals surface area contributed by atoms with Crippen molar-refractivity contribution in [3.8, 4) is 33.6 Å². The zero-order valence-electron chi connectivity index (χ0n) is 20.5. The Morgan fingerprint density at radius 2 is 1.49 bits per heavy atom. The summed E-state index contributed by atoms with van der Waals surface area (Å²) >= 11 is 0. The van der Waals surface area contributed by atoms with Gasteiger partial charge in [0.25, 0.3) is 0 Å². The molecule has 3 aromatic carbocycles. The van der Waals surface area contributed by atoms with Crippen LogP contribution in [0.1, 0.15) is 0 Å². The second-order valence-electron chi connectivity index (χ2n) is 9.39. The summed E-state index contributed by atoms with van der Waals surface area (Å²) in [5.74, 6) is 0. The van der Waals surface area contributed by atoms with Gasteiger partial charge < -0.3 is 14.7 Å². The molecule has 0 unspecified atom stereocenters. The van der Waals surface area contributed by atoms with Crippen LogP contribution in [0.2, 0.25) is 0 Å². The van der Waals surface area contributed by atoms with E-state index in [0.29, 0.717) is 0 Å². The maximum atomic E-state index is 4.88. The van der Waals surface area contributed by atoms with Crippen molar-refractivity contribution in [2.24, 2.45) is 0 Å².